The Kier molecular flexibility index (Phi) is 4.12. The summed E-state index contributed by atoms with van der Waals surface area (Å²) in [6.45, 7) is 2.22. The molecule has 0 spiro atoms. The van der Waals surface area contributed by atoms with Crippen molar-refractivity contribution in [2.24, 2.45) is 17.6 Å². The van der Waals surface area contributed by atoms with E-state index in [0.717, 1.165) is 31.2 Å². The fourth-order valence-corrected chi connectivity index (χ4v) is 5.28. The lowest BCUT2D eigenvalue weighted by Crippen LogP contribution is -2.20. The lowest BCUT2D eigenvalue weighted by atomic mass is 9.88. The molecular formula is C20H22N2O2S. The van der Waals surface area contributed by atoms with Crippen LogP contribution in [0.25, 0.3) is 0 Å². The fraction of sp³-hybridized carbons (Fsp3) is 0.400. The predicted molar refractivity (Wildman–Crippen MR) is 99.9 cm³/mol. The zero-order valence-corrected chi connectivity index (χ0v) is 15.1. The van der Waals surface area contributed by atoms with Crippen LogP contribution in [0.1, 0.15) is 52.0 Å². The zero-order chi connectivity index (χ0) is 17.6. The van der Waals surface area contributed by atoms with Crippen LogP contribution in [-0.4, -0.2) is 11.8 Å². The number of primary amides is 1. The minimum absolute atomic E-state index is 0.00278. The average molecular weight is 354 g/mol. The third kappa shape index (κ3) is 3.09. The minimum Gasteiger partial charge on any atom is -0.365 e. The first-order chi connectivity index (χ1) is 12.0. The summed E-state index contributed by atoms with van der Waals surface area (Å²) in [6.07, 6.45) is 3.77. The summed E-state index contributed by atoms with van der Waals surface area (Å²) in [6, 6.07) is 10.1. The molecule has 1 aromatic carbocycles. The number of amides is 2. The van der Waals surface area contributed by atoms with Crippen molar-refractivity contribution >= 4 is 28.2 Å². The molecule has 0 unspecified atom stereocenters. The van der Waals surface area contributed by atoms with E-state index in [1.807, 2.05) is 18.2 Å². The van der Waals surface area contributed by atoms with E-state index in [1.165, 1.54) is 21.8 Å². The molecule has 3 atom stereocenters. The number of hydrogen-bond acceptors (Lipinski definition) is 3. The van der Waals surface area contributed by atoms with Gasteiger partial charge >= 0.3 is 0 Å². The van der Waals surface area contributed by atoms with Gasteiger partial charge in [-0.15, -0.1) is 11.3 Å². The van der Waals surface area contributed by atoms with Gasteiger partial charge in [-0.1, -0.05) is 37.3 Å². The van der Waals surface area contributed by atoms with E-state index in [4.69, 9.17) is 5.73 Å². The van der Waals surface area contributed by atoms with Gasteiger partial charge in [-0.05, 0) is 48.6 Å². The Hall–Kier alpha value is -2.14. The lowest BCUT2D eigenvalue weighted by Gasteiger charge is -2.18. The van der Waals surface area contributed by atoms with Crippen LogP contribution in [0.4, 0.5) is 5.00 Å². The normalized spacial score (nSPS) is 24.4. The molecule has 3 N–H and O–H groups in total. The molecule has 0 radical (unpaired) electrons. The Morgan fingerprint density at radius 2 is 2.00 bits per heavy atom. The van der Waals surface area contributed by atoms with Crippen molar-refractivity contribution in [3.8, 4) is 0 Å². The molecule has 4 nitrogen and oxygen atoms in total. The molecule has 1 saturated carbocycles. The highest BCUT2D eigenvalue weighted by Crippen LogP contribution is 2.48. The molecule has 1 heterocycles. The van der Waals surface area contributed by atoms with Gasteiger partial charge in [-0.25, -0.2) is 0 Å². The molecule has 1 aromatic heterocycles. The summed E-state index contributed by atoms with van der Waals surface area (Å²) in [5, 5.41) is 3.65. The number of thiophene rings is 1. The van der Waals surface area contributed by atoms with Crippen molar-refractivity contribution in [2.45, 2.75) is 38.5 Å². The Balaban J connectivity index is 1.53. The van der Waals surface area contributed by atoms with Crippen molar-refractivity contribution < 1.29 is 9.59 Å². The van der Waals surface area contributed by atoms with Gasteiger partial charge in [0.05, 0.1) is 5.56 Å². The van der Waals surface area contributed by atoms with Gasteiger partial charge in [0.1, 0.15) is 5.00 Å². The summed E-state index contributed by atoms with van der Waals surface area (Å²) < 4.78 is 0. The maximum absolute atomic E-state index is 12.7. The highest BCUT2D eigenvalue weighted by atomic mass is 32.1. The van der Waals surface area contributed by atoms with Crippen LogP contribution < -0.4 is 11.1 Å². The Morgan fingerprint density at radius 3 is 2.72 bits per heavy atom. The van der Waals surface area contributed by atoms with E-state index in [2.05, 4.69) is 24.4 Å². The largest absolute Gasteiger partial charge is 0.365 e. The average Bonchev–Trinajstić information content (AvgIpc) is 3.31. The smallest absolute Gasteiger partial charge is 0.251 e. The van der Waals surface area contributed by atoms with Gasteiger partial charge in [0.15, 0.2) is 0 Å². The first kappa shape index (κ1) is 16.3. The van der Waals surface area contributed by atoms with E-state index in [-0.39, 0.29) is 17.7 Å². The van der Waals surface area contributed by atoms with Crippen LogP contribution >= 0.6 is 11.3 Å². The van der Waals surface area contributed by atoms with Crippen molar-refractivity contribution in [3.05, 3.63) is 51.9 Å². The number of nitrogens with one attached hydrogen (secondary N) is 1. The highest BCUT2D eigenvalue weighted by molar-refractivity contribution is 7.17. The summed E-state index contributed by atoms with van der Waals surface area (Å²) in [5.74, 6) is 0.455. The van der Waals surface area contributed by atoms with E-state index < -0.39 is 5.91 Å². The molecule has 0 saturated heterocycles. The molecule has 2 aromatic rings. The Morgan fingerprint density at radius 1 is 1.24 bits per heavy atom. The third-order valence-electron chi connectivity index (χ3n) is 5.35. The van der Waals surface area contributed by atoms with E-state index in [0.29, 0.717) is 16.5 Å². The summed E-state index contributed by atoms with van der Waals surface area (Å²) in [7, 11) is 0. The Labute approximate surface area is 151 Å². The van der Waals surface area contributed by atoms with Gasteiger partial charge in [0, 0.05) is 10.8 Å². The van der Waals surface area contributed by atoms with Gasteiger partial charge in [0.25, 0.3) is 5.91 Å². The molecule has 2 aliphatic rings. The van der Waals surface area contributed by atoms with E-state index in [9.17, 15) is 9.59 Å². The van der Waals surface area contributed by atoms with Crippen LogP contribution in [0.2, 0.25) is 0 Å². The van der Waals surface area contributed by atoms with Crippen LogP contribution in [0.15, 0.2) is 30.3 Å². The number of rotatable bonds is 4. The second-order valence-corrected chi connectivity index (χ2v) is 8.37. The van der Waals surface area contributed by atoms with Crippen molar-refractivity contribution in [1.29, 1.82) is 0 Å². The van der Waals surface area contributed by atoms with E-state index in [1.54, 1.807) is 0 Å². The molecule has 0 aliphatic heterocycles. The zero-order valence-electron chi connectivity index (χ0n) is 14.2. The summed E-state index contributed by atoms with van der Waals surface area (Å²) in [4.78, 5) is 25.8. The molecule has 25 heavy (non-hydrogen) atoms. The first-order valence-electron chi connectivity index (χ1n) is 8.84. The van der Waals surface area contributed by atoms with Gasteiger partial charge in [-0.2, -0.15) is 0 Å². The predicted octanol–water partition coefficient (Wildman–Crippen LogP) is 3.71. The maximum atomic E-state index is 12.7. The van der Waals surface area contributed by atoms with Crippen LogP contribution in [0, 0.1) is 11.8 Å². The molecule has 4 rings (SSSR count). The monoisotopic (exact) mass is 354 g/mol. The molecular weight excluding hydrogens is 332 g/mol. The molecule has 5 heteroatoms. The topological polar surface area (TPSA) is 72.2 Å². The quantitative estimate of drug-likeness (QED) is 0.878. The molecule has 2 aliphatic carbocycles. The van der Waals surface area contributed by atoms with Crippen molar-refractivity contribution in [3.63, 3.8) is 0 Å². The number of benzene rings is 1. The number of hydrogen-bond donors (Lipinski definition) is 2. The number of carbonyl (C=O) groups excluding carboxylic acids is 2. The number of anilines is 1. The molecule has 130 valence electrons. The van der Waals surface area contributed by atoms with Gasteiger partial charge < -0.3 is 11.1 Å². The molecule has 0 bridgehead atoms. The lowest BCUT2D eigenvalue weighted by molar-refractivity contribution is -0.117. The van der Waals surface area contributed by atoms with Gasteiger partial charge in [0.2, 0.25) is 5.91 Å². The Bertz CT molecular complexity index is 828. The maximum Gasteiger partial charge on any atom is 0.251 e. The molecule has 1 fully saturated rings. The SMILES string of the molecule is C[C@H]1CCc2c(sc(NC(=O)[C@@H]3C[C@@H]3c3ccccc3)c2C(N)=O)C1. The third-order valence-corrected chi connectivity index (χ3v) is 6.52. The summed E-state index contributed by atoms with van der Waals surface area (Å²) >= 11 is 1.53. The number of nitrogens with two attached hydrogens (primary N) is 1. The summed E-state index contributed by atoms with van der Waals surface area (Å²) in [5.41, 5.74) is 8.42. The van der Waals surface area contributed by atoms with Crippen molar-refractivity contribution in [2.75, 3.05) is 5.32 Å². The van der Waals surface area contributed by atoms with Gasteiger partial charge in [-0.3, -0.25) is 9.59 Å². The fourth-order valence-electron chi connectivity index (χ4n) is 3.86. The first-order valence-corrected chi connectivity index (χ1v) is 9.66. The van der Waals surface area contributed by atoms with Crippen molar-refractivity contribution in [1.82, 2.24) is 0 Å². The highest BCUT2D eigenvalue weighted by Gasteiger charge is 2.44. The molecule has 2 amide bonds. The second kappa shape index (κ2) is 6.30. The number of carbonyl (C=O) groups is 2. The number of fused-ring (bicyclic) bond motifs is 1. The van der Waals surface area contributed by atoms with Crippen LogP contribution in [0.5, 0.6) is 0 Å². The standard InChI is InChI=1S/C20H22N2O2S/c1-11-7-8-13-16(9-11)25-20(17(13)18(21)23)22-19(24)15-10-14(15)12-5-3-2-4-6-12/h2-6,11,14-15H,7-10H2,1H3,(H2,21,23)(H,22,24)/t11-,14+,15+/m0/s1. The van der Waals surface area contributed by atoms with Crippen LogP contribution in [-0.2, 0) is 17.6 Å². The van der Waals surface area contributed by atoms with Crippen LogP contribution in [0.3, 0.4) is 0 Å². The second-order valence-electron chi connectivity index (χ2n) is 7.27. The minimum atomic E-state index is -0.433. The van der Waals surface area contributed by atoms with E-state index >= 15 is 0 Å².